The number of carbonyl (C=O) groups is 1. The molecule has 0 aliphatic heterocycles. The van der Waals surface area contributed by atoms with Crippen LogP contribution < -0.4 is 0 Å². The highest BCUT2D eigenvalue weighted by Crippen LogP contribution is 2.70. The summed E-state index contributed by atoms with van der Waals surface area (Å²) >= 11 is 0. The molecular weight excluding hydrogens is 306 g/mol. The molecule has 0 saturated heterocycles. The molecule has 0 amide bonds. The number of nitriles is 1. The van der Waals surface area contributed by atoms with Gasteiger partial charge in [0, 0.05) is 12.8 Å². The first-order valence-corrected chi connectivity index (χ1v) is 10.1. The van der Waals surface area contributed by atoms with Crippen LogP contribution in [0.4, 0.5) is 0 Å². The Bertz CT molecular complexity index is 685. The predicted octanol–water partition coefficient (Wildman–Crippen LogP) is 5.60. The molecule has 3 saturated carbocycles. The number of allylic oxidation sites excluding steroid dienone is 3. The number of ketones is 1. The summed E-state index contributed by atoms with van der Waals surface area (Å²) in [6.07, 6.45) is 13.5. The summed E-state index contributed by atoms with van der Waals surface area (Å²) in [7, 11) is 0. The van der Waals surface area contributed by atoms with Crippen molar-refractivity contribution in [2.24, 2.45) is 34.0 Å². The van der Waals surface area contributed by atoms with Crippen LogP contribution in [-0.4, -0.2) is 5.78 Å². The molecule has 0 spiro atoms. The minimum Gasteiger partial charge on any atom is -0.299 e. The van der Waals surface area contributed by atoms with Gasteiger partial charge in [-0.25, -0.2) is 0 Å². The summed E-state index contributed by atoms with van der Waals surface area (Å²) in [6, 6.07) is 2.75. The molecule has 2 heteroatoms. The minimum atomic E-state index is -0.211. The van der Waals surface area contributed by atoms with Gasteiger partial charge in [0.05, 0.1) is 11.5 Å². The van der Waals surface area contributed by atoms with Gasteiger partial charge in [-0.1, -0.05) is 31.6 Å². The number of hydrogen-bond donors (Lipinski definition) is 0. The molecule has 4 rings (SSSR count). The molecule has 0 heterocycles. The van der Waals surface area contributed by atoms with Crippen LogP contribution in [0.15, 0.2) is 24.3 Å². The van der Waals surface area contributed by atoms with Gasteiger partial charge in [0.25, 0.3) is 0 Å². The molecule has 2 nitrogen and oxygen atoms in total. The molecule has 6 atom stereocenters. The van der Waals surface area contributed by atoms with Crippen LogP contribution >= 0.6 is 0 Å². The van der Waals surface area contributed by atoms with Gasteiger partial charge in [-0.05, 0) is 73.5 Å². The Morgan fingerprint density at radius 1 is 1.28 bits per heavy atom. The van der Waals surface area contributed by atoms with E-state index in [1.807, 2.05) is 6.08 Å². The fourth-order valence-electron chi connectivity index (χ4n) is 7.42. The van der Waals surface area contributed by atoms with Crippen LogP contribution in [0.25, 0.3) is 0 Å². The second kappa shape index (κ2) is 5.57. The lowest BCUT2D eigenvalue weighted by atomic mass is 9.45. The molecular formula is C23H31NO. The Morgan fingerprint density at radius 2 is 2.04 bits per heavy atom. The first kappa shape index (κ1) is 17.1. The molecule has 134 valence electrons. The Morgan fingerprint density at radius 3 is 2.76 bits per heavy atom. The van der Waals surface area contributed by atoms with Gasteiger partial charge in [-0.3, -0.25) is 4.79 Å². The van der Waals surface area contributed by atoms with Gasteiger partial charge in [-0.15, -0.1) is 6.58 Å². The number of fused-ring (bicyclic) bond motifs is 5. The molecule has 4 aliphatic carbocycles. The zero-order valence-electron chi connectivity index (χ0n) is 15.8. The number of hydrogen-bond acceptors (Lipinski definition) is 2. The molecule has 0 unspecified atom stereocenters. The molecule has 0 aromatic carbocycles. The standard InChI is InChI=1S/C23H31NO/c1-4-10-23(15-24)13-9-20-18-6-5-16-14-17(25)7-11-21(16,2)19(18)8-12-22(20,23)3/h4-5,18-20H,1,6-14H2,2-3H3/t18-,19+,20+,21+,22+,23-/m1/s1. The monoisotopic (exact) mass is 337 g/mol. The fraction of sp³-hybridized carbons (Fsp3) is 0.739. The number of carbonyl (C=O) groups excluding carboxylic acids is 1. The van der Waals surface area contributed by atoms with Crippen LogP contribution in [0.5, 0.6) is 0 Å². The van der Waals surface area contributed by atoms with Crippen LogP contribution in [0.1, 0.15) is 71.6 Å². The summed E-state index contributed by atoms with van der Waals surface area (Å²) in [5.74, 6) is 2.48. The smallest absolute Gasteiger partial charge is 0.136 e. The lowest BCUT2D eigenvalue weighted by Gasteiger charge is -2.58. The minimum absolute atomic E-state index is 0.128. The predicted molar refractivity (Wildman–Crippen MR) is 99.6 cm³/mol. The number of rotatable bonds is 2. The highest BCUT2D eigenvalue weighted by Gasteiger charge is 2.63. The third-order valence-electron chi connectivity index (χ3n) is 9.01. The summed E-state index contributed by atoms with van der Waals surface area (Å²) in [4.78, 5) is 12.0. The van der Waals surface area contributed by atoms with Crippen molar-refractivity contribution >= 4 is 5.78 Å². The number of Topliss-reactive ketones (excluding diaryl/α,β-unsaturated/α-hetero) is 1. The molecule has 25 heavy (non-hydrogen) atoms. The van der Waals surface area contributed by atoms with Crippen molar-refractivity contribution in [2.75, 3.05) is 0 Å². The largest absolute Gasteiger partial charge is 0.299 e. The maximum Gasteiger partial charge on any atom is 0.136 e. The maximum absolute atomic E-state index is 12.0. The Balaban J connectivity index is 1.70. The average Bonchev–Trinajstić information content (AvgIpc) is 2.89. The van der Waals surface area contributed by atoms with Crippen molar-refractivity contribution in [2.45, 2.75) is 71.6 Å². The van der Waals surface area contributed by atoms with E-state index < -0.39 is 0 Å². The molecule has 0 radical (unpaired) electrons. The second-order valence-electron chi connectivity index (χ2n) is 9.66. The van der Waals surface area contributed by atoms with Gasteiger partial charge in [0.1, 0.15) is 5.78 Å². The van der Waals surface area contributed by atoms with Crippen LogP contribution in [-0.2, 0) is 4.79 Å². The van der Waals surface area contributed by atoms with Crippen LogP contribution in [0, 0.1) is 45.3 Å². The Hall–Kier alpha value is -1.36. The highest BCUT2D eigenvalue weighted by molar-refractivity contribution is 5.82. The van der Waals surface area contributed by atoms with Gasteiger partial charge < -0.3 is 0 Å². The molecule has 3 fully saturated rings. The summed E-state index contributed by atoms with van der Waals surface area (Å²) < 4.78 is 0. The topological polar surface area (TPSA) is 40.9 Å². The third kappa shape index (κ3) is 2.11. The molecule has 4 aliphatic rings. The summed E-state index contributed by atoms with van der Waals surface area (Å²) in [5, 5.41) is 10.1. The van der Waals surface area contributed by atoms with E-state index in [2.05, 4.69) is 32.6 Å². The SMILES string of the molecule is C=CC[C@]1(C#N)CC[C@H]2[C@@H]3CC=C4CC(=O)CC[C@]4(C)[C@H]3CC[C@@]21C. The summed E-state index contributed by atoms with van der Waals surface area (Å²) in [6.45, 7) is 8.78. The fourth-order valence-corrected chi connectivity index (χ4v) is 7.42. The van der Waals surface area contributed by atoms with Crippen molar-refractivity contribution in [1.29, 1.82) is 5.26 Å². The number of nitrogens with zero attached hydrogens (tertiary/aromatic N) is 1. The zero-order chi connectivity index (χ0) is 17.9. The van der Waals surface area contributed by atoms with E-state index in [9.17, 15) is 10.1 Å². The van der Waals surface area contributed by atoms with Crippen LogP contribution in [0.2, 0.25) is 0 Å². The Kier molecular flexibility index (Phi) is 3.80. The average molecular weight is 338 g/mol. The van der Waals surface area contributed by atoms with E-state index >= 15 is 0 Å². The van der Waals surface area contributed by atoms with E-state index in [4.69, 9.17) is 0 Å². The Labute approximate surface area is 152 Å². The molecule has 0 N–H and O–H groups in total. The molecule has 0 bridgehead atoms. The lowest BCUT2D eigenvalue weighted by Crippen LogP contribution is -2.52. The first-order chi connectivity index (χ1) is 11.9. The van der Waals surface area contributed by atoms with Crippen molar-refractivity contribution in [3.05, 3.63) is 24.3 Å². The second-order valence-corrected chi connectivity index (χ2v) is 9.66. The normalized spacial score (nSPS) is 48.6. The summed E-state index contributed by atoms with van der Waals surface area (Å²) in [5.41, 5.74) is 1.58. The van der Waals surface area contributed by atoms with E-state index in [0.29, 0.717) is 30.0 Å². The molecule has 0 aromatic heterocycles. The van der Waals surface area contributed by atoms with Crippen molar-refractivity contribution in [3.8, 4) is 6.07 Å². The third-order valence-corrected chi connectivity index (χ3v) is 9.01. The van der Waals surface area contributed by atoms with Crippen LogP contribution in [0.3, 0.4) is 0 Å². The van der Waals surface area contributed by atoms with E-state index in [1.54, 1.807) is 0 Å². The van der Waals surface area contributed by atoms with E-state index in [1.165, 1.54) is 18.4 Å². The highest BCUT2D eigenvalue weighted by atomic mass is 16.1. The van der Waals surface area contributed by atoms with E-state index in [0.717, 1.165) is 38.5 Å². The van der Waals surface area contributed by atoms with Crippen molar-refractivity contribution in [1.82, 2.24) is 0 Å². The lowest BCUT2D eigenvalue weighted by molar-refractivity contribution is -0.122. The maximum atomic E-state index is 12.0. The zero-order valence-corrected chi connectivity index (χ0v) is 15.8. The van der Waals surface area contributed by atoms with Gasteiger partial charge >= 0.3 is 0 Å². The quantitative estimate of drug-likeness (QED) is 0.615. The molecule has 0 aromatic rings. The van der Waals surface area contributed by atoms with Gasteiger partial charge in [0.2, 0.25) is 0 Å². The van der Waals surface area contributed by atoms with Gasteiger partial charge in [-0.2, -0.15) is 5.26 Å². The van der Waals surface area contributed by atoms with Gasteiger partial charge in [0.15, 0.2) is 0 Å². The first-order valence-electron chi connectivity index (χ1n) is 10.1. The van der Waals surface area contributed by atoms with Crippen molar-refractivity contribution < 1.29 is 4.79 Å². The van der Waals surface area contributed by atoms with E-state index in [-0.39, 0.29) is 16.2 Å². The van der Waals surface area contributed by atoms with Crippen molar-refractivity contribution in [3.63, 3.8) is 0 Å².